The first-order chi connectivity index (χ1) is 9.13. The Bertz CT molecular complexity index is 379. The van der Waals surface area contributed by atoms with Gasteiger partial charge in [-0.3, -0.25) is 4.68 Å². The average Bonchev–Trinajstić information content (AvgIpc) is 2.75. The van der Waals surface area contributed by atoms with E-state index in [-0.39, 0.29) is 0 Å². The van der Waals surface area contributed by atoms with E-state index in [9.17, 15) is 0 Å². The van der Waals surface area contributed by atoms with Crippen molar-refractivity contribution in [2.45, 2.75) is 19.4 Å². The highest BCUT2D eigenvalue weighted by atomic mass is 16.5. The molecular formula is C14H26N4O. The molecule has 0 amide bonds. The van der Waals surface area contributed by atoms with Crippen LogP contribution in [0.1, 0.15) is 18.4 Å². The van der Waals surface area contributed by atoms with Crippen molar-refractivity contribution in [2.24, 2.45) is 12.5 Å². The second kappa shape index (κ2) is 6.50. The smallest absolute Gasteiger partial charge is 0.0534 e. The number of nitrogens with one attached hydrogen (secondary N) is 1. The molecule has 0 aromatic carbocycles. The number of hydrogen-bond donors (Lipinski definition) is 1. The Labute approximate surface area is 115 Å². The number of rotatable bonds is 6. The molecule has 5 nitrogen and oxygen atoms in total. The zero-order valence-corrected chi connectivity index (χ0v) is 12.4. The van der Waals surface area contributed by atoms with Crippen molar-refractivity contribution in [3.05, 3.63) is 18.0 Å². The van der Waals surface area contributed by atoms with Crippen molar-refractivity contribution in [3.8, 4) is 0 Å². The van der Waals surface area contributed by atoms with Crippen LogP contribution in [-0.2, 0) is 18.3 Å². The van der Waals surface area contributed by atoms with Crippen LogP contribution in [0.25, 0.3) is 0 Å². The summed E-state index contributed by atoms with van der Waals surface area (Å²) in [6.45, 7) is 4.91. The molecule has 2 rings (SSSR count). The standard InChI is InChI=1S/C14H26N4O/c1-15-11-14(4-6-19-7-5-14)12-17(2)9-13-8-16-18(3)10-13/h8,10,15H,4-7,9,11-12H2,1-3H3. The van der Waals surface area contributed by atoms with E-state index in [4.69, 9.17) is 4.74 Å². The molecule has 0 atom stereocenters. The molecule has 1 aromatic rings. The third-order valence-corrected chi connectivity index (χ3v) is 3.92. The quantitative estimate of drug-likeness (QED) is 0.829. The van der Waals surface area contributed by atoms with Gasteiger partial charge in [-0.05, 0) is 32.4 Å². The predicted octanol–water partition coefficient (Wildman–Crippen LogP) is 0.868. The normalized spacial score (nSPS) is 18.9. The summed E-state index contributed by atoms with van der Waals surface area (Å²) in [6.07, 6.45) is 6.33. The lowest BCUT2D eigenvalue weighted by molar-refractivity contribution is -0.000737. The summed E-state index contributed by atoms with van der Waals surface area (Å²) in [5.74, 6) is 0. The van der Waals surface area contributed by atoms with Crippen LogP contribution in [0.15, 0.2) is 12.4 Å². The average molecular weight is 266 g/mol. The fourth-order valence-corrected chi connectivity index (χ4v) is 3.06. The molecule has 1 aromatic heterocycles. The molecule has 1 fully saturated rings. The maximum Gasteiger partial charge on any atom is 0.0534 e. The van der Waals surface area contributed by atoms with Gasteiger partial charge >= 0.3 is 0 Å². The molecule has 1 aliphatic heterocycles. The van der Waals surface area contributed by atoms with Gasteiger partial charge in [0.05, 0.1) is 6.20 Å². The predicted molar refractivity (Wildman–Crippen MR) is 76.0 cm³/mol. The van der Waals surface area contributed by atoms with Gasteiger partial charge in [-0.1, -0.05) is 0 Å². The molecule has 5 heteroatoms. The first kappa shape index (κ1) is 14.5. The fraction of sp³-hybridized carbons (Fsp3) is 0.786. The molecule has 0 spiro atoms. The number of ether oxygens (including phenoxy) is 1. The van der Waals surface area contributed by atoms with E-state index in [1.807, 2.05) is 25.0 Å². The first-order valence-corrected chi connectivity index (χ1v) is 7.02. The molecule has 1 N–H and O–H groups in total. The maximum atomic E-state index is 5.51. The van der Waals surface area contributed by atoms with Gasteiger partial charge in [0.25, 0.3) is 0 Å². The Morgan fingerprint density at radius 2 is 2.21 bits per heavy atom. The second-order valence-electron chi connectivity index (χ2n) is 5.84. The van der Waals surface area contributed by atoms with Crippen LogP contribution >= 0.6 is 0 Å². The van der Waals surface area contributed by atoms with Gasteiger partial charge in [0.1, 0.15) is 0 Å². The highest BCUT2D eigenvalue weighted by Crippen LogP contribution is 2.30. The Hall–Kier alpha value is -0.910. The van der Waals surface area contributed by atoms with Crippen molar-refractivity contribution in [1.82, 2.24) is 20.0 Å². The van der Waals surface area contributed by atoms with Crippen molar-refractivity contribution < 1.29 is 4.74 Å². The lowest BCUT2D eigenvalue weighted by Gasteiger charge is -2.40. The summed E-state index contributed by atoms with van der Waals surface area (Å²) >= 11 is 0. The highest BCUT2D eigenvalue weighted by molar-refractivity contribution is 5.03. The molecule has 0 bridgehead atoms. The van der Waals surface area contributed by atoms with E-state index in [2.05, 4.69) is 28.6 Å². The minimum absolute atomic E-state index is 0.351. The van der Waals surface area contributed by atoms with Gasteiger partial charge in [-0.25, -0.2) is 0 Å². The van der Waals surface area contributed by atoms with E-state index in [1.165, 1.54) is 5.56 Å². The number of aryl methyl sites for hydroxylation is 1. The molecule has 0 saturated carbocycles. The topological polar surface area (TPSA) is 42.3 Å². The summed E-state index contributed by atoms with van der Waals surface area (Å²) < 4.78 is 7.38. The third-order valence-electron chi connectivity index (χ3n) is 3.92. The zero-order chi connectivity index (χ0) is 13.7. The van der Waals surface area contributed by atoms with Crippen LogP contribution in [-0.4, -0.2) is 55.1 Å². The molecule has 0 aliphatic carbocycles. The SMILES string of the molecule is CNCC1(CN(C)Cc2cnn(C)c2)CCOCC1. The first-order valence-electron chi connectivity index (χ1n) is 7.02. The molecular weight excluding hydrogens is 240 g/mol. The molecule has 1 saturated heterocycles. The molecule has 0 unspecified atom stereocenters. The van der Waals surface area contributed by atoms with Crippen LogP contribution < -0.4 is 5.32 Å². The maximum absolute atomic E-state index is 5.51. The molecule has 2 heterocycles. The molecule has 19 heavy (non-hydrogen) atoms. The second-order valence-corrected chi connectivity index (χ2v) is 5.84. The van der Waals surface area contributed by atoms with Crippen LogP contribution in [0.2, 0.25) is 0 Å². The fourth-order valence-electron chi connectivity index (χ4n) is 3.06. The Morgan fingerprint density at radius 3 is 2.79 bits per heavy atom. The van der Waals surface area contributed by atoms with E-state index in [0.29, 0.717) is 5.41 Å². The summed E-state index contributed by atoms with van der Waals surface area (Å²) in [7, 11) is 6.20. The van der Waals surface area contributed by atoms with E-state index in [1.54, 1.807) is 0 Å². The Morgan fingerprint density at radius 1 is 1.47 bits per heavy atom. The Kier molecular flexibility index (Phi) is 4.96. The summed E-state index contributed by atoms with van der Waals surface area (Å²) in [6, 6.07) is 0. The van der Waals surface area contributed by atoms with Gasteiger partial charge in [0.15, 0.2) is 0 Å². The van der Waals surface area contributed by atoms with Gasteiger partial charge in [0.2, 0.25) is 0 Å². The van der Waals surface area contributed by atoms with E-state index >= 15 is 0 Å². The zero-order valence-electron chi connectivity index (χ0n) is 12.4. The van der Waals surface area contributed by atoms with Gasteiger partial charge in [-0.2, -0.15) is 5.10 Å². The summed E-state index contributed by atoms with van der Waals surface area (Å²) in [4.78, 5) is 2.40. The van der Waals surface area contributed by atoms with Crippen LogP contribution in [0.5, 0.6) is 0 Å². The Balaban J connectivity index is 1.92. The van der Waals surface area contributed by atoms with Crippen molar-refractivity contribution in [3.63, 3.8) is 0 Å². The minimum atomic E-state index is 0.351. The minimum Gasteiger partial charge on any atom is -0.381 e. The molecule has 1 aliphatic rings. The van der Waals surface area contributed by atoms with Crippen LogP contribution in [0.4, 0.5) is 0 Å². The largest absolute Gasteiger partial charge is 0.381 e. The lowest BCUT2D eigenvalue weighted by atomic mass is 9.79. The number of aromatic nitrogens is 2. The van der Waals surface area contributed by atoms with Crippen molar-refractivity contribution in [2.75, 3.05) is 40.4 Å². The van der Waals surface area contributed by atoms with E-state index < -0.39 is 0 Å². The lowest BCUT2D eigenvalue weighted by Crippen LogP contribution is -2.45. The van der Waals surface area contributed by atoms with Crippen LogP contribution in [0.3, 0.4) is 0 Å². The van der Waals surface area contributed by atoms with Crippen LogP contribution in [0, 0.1) is 5.41 Å². The third kappa shape index (κ3) is 4.03. The molecule has 0 radical (unpaired) electrons. The van der Waals surface area contributed by atoms with E-state index in [0.717, 1.165) is 45.7 Å². The summed E-state index contributed by atoms with van der Waals surface area (Å²) in [5.41, 5.74) is 1.63. The van der Waals surface area contributed by atoms with Gasteiger partial charge in [0, 0.05) is 51.7 Å². The van der Waals surface area contributed by atoms with Gasteiger partial charge < -0.3 is 15.0 Å². The van der Waals surface area contributed by atoms with Gasteiger partial charge in [-0.15, -0.1) is 0 Å². The number of nitrogens with zero attached hydrogens (tertiary/aromatic N) is 3. The van der Waals surface area contributed by atoms with Crippen molar-refractivity contribution in [1.29, 1.82) is 0 Å². The highest BCUT2D eigenvalue weighted by Gasteiger charge is 2.33. The molecule has 108 valence electrons. The number of hydrogen-bond acceptors (Lipinski definition) is 4. The summed E-state index contributed by atoms with van der Waals surface area (Å²) in [5, 5.41) is 7.58. The van der Waals surface area contributed by atoms with Crippen molar-refractivity contribution >= 4 is 0 Å². The monoisotopic (exact) mass is 266 g/mol.